The maximum absolute atomic E-state index is 14.0. The number of nitrogens with zero attached hydrogens (tertiary/aromatic N) is 6. The fourth-order valence-corrected chi connectivity index (χ4v) is 8.95. The summed E-state index contributed by atoms with van der Waals surface area (Å²) in [5, 5.41) is 40.0. The van der Waals surface area contributed by atoms with E-state index >= 15 is 0 Å². The molecule has 5 rings (SSSR count). The first-order valence-electron chi connectivity index (χ1n) is 22.0. The largest absolute Gasteiger partial charge is 0.492 e. The lowest BCUT2D eigenvalue weighted by Crippen LogP contribution is -2.51. The molecule has 67 heavy (non-hydrogen) atoms. The van der Waals surface area contributed by atoms with E-state index in [-0.39, 0.29) is 44.6 Å². The van der Waals surface area contributed by atoms with Gasteiger partial charge in [-0.2, -0.15) is 10.5 Å². The van der Waals surface area contributed by atoms with Crippen molar-refractivity contribution in [1.29, 1.82) is 10.5 Å². The Morgan fingerprint density at radius 2 is 1.54 bits per heavy atom. The number of carbonyl (C=O) groups is 4. The lowest BCUT2D eigenvalue weighted by molar-refractivity contribution is -0.139. The molecule has 3 N–H and O–H groups in total. The number of carboxylic acid groups (broad SMARTS) is 1. The minimum atomic E-state index is -1.11. The summed E-state index contributed by atoms with van der Waals surface area (Å²) < 4.78 is 16.8. The van der Waals surface area contributed by atoms with Crippen molar-refractivity contribution >= 4 is 64.6 Å². The molecule has 1 aliphatic heterocycles. The predicted molar refractivity (Wildman–Crippen MR) is 258 cm³/mol. The third kappa shape index (κ3) is 16.0. The summed E-state index contributed by atoms with van der Waals surface area (Å²) in [4.78, 5) is 63.9. The van der Waals surface area contributed by atoms with E-state index in [0.29, 0.717) is 56.9 Å². The highest BCUT2D eigenvalue weighted by molar-refractivity contribution is 7.98. The molecule has 3 amide bonds. The Morgan fingerprint density at radius 3 is 2.16 bits per heavy atom. The highest BCUT2D eigenvalue weighted by Crippen LogP contribution is 2.40. The zero-order valence-electron chi connectivity index (χ0n) is 38.6. The maximum atomic E-state index is 14.0. The first-order valence-corrected chi connectivity index (χ1v) is 24.2. The molecule has 0 aliphatic carbocycles. The van der Waals surface area contributed by atoms with Gasteiger partial charge in [0, 0.05) is 53.5 Å². The van der Waals surface area contributed by atoms with E-state index in [4.69, 9.17) is 35.8 Å². The van der Waals surface area contributed by atoms with Crippen LogP contribution in [0.25, 0.3) is 21.7 Å². The third-order valence-electron chi connectivity index (χ3n) is 10.0. The molecule has 1 aliphatic rings. The summed E-state index contributed by atoms with van der Waals surface area (Å²) in [7, 11) is 0. The highest BCUT2D eigenvalue weighted by Gasteiger charge is 2.30. The molecule has 16 nitrogen and oxygen atoms in total. The van der Waals surface area contributed by atoms with Gasteiger partial charge in [0.1, 0.15) is 63.2 Å². The number of carboxylic acids is 1. The van der Waals surface area contributed by atoms with Gasteiger partial charge >= 0.3 is 18.2 Å². The summed E-state index contributed by atoms with van der Waals surface area (Å²) in [5.41, 5.74) is 1.92. The lowest BCUT2D eigenvalue weighted by atomic mass is 9.96. The van der Waals surface area contributed by atoms with Crippen LogP contribution in [0.1, 0.15) is 96.9 Å². The van der Waals surface area contributed by atoms with Gasteiger partial charge in [-0.3, -0.25) is 9.59 Å². The Morgan fingerprint density at radius 1 is 0.896 bits per heavy atom. The van der Waals surface area contributed by atoms with Gasteiger partial charge in [0.25, 0.3) is 0 Å². The molecule has 1 atom stereocenters. The second-order valence-corrected chi connectivity index (χ2v) is 19.9. The number of unbranched alkanes of at least 4 members (excludes halogenated alkanes) is 1. The summed E-state index contributed by atoms with van der Waals surface area (Å²) in [6.07, 6.45) is 1.27. The molecule has 3 heterocycles. The standard InChI is InChI=1S/C48H57ClN8O8S2/c1-47(2,3)64-45(61)52-21-8-7-11-38(54-46(62)65-48(4,5)6)44(60)57(24-20-39(58)59)25-26-63-35-18-14-31(15-19-35)40-36(27-50)41(56-22-9-10-23-56)55-43(37(40)28-51)67-30-34-29-66-42(53-34)32-12-16-33(49)17-13-32/h12-19,29,38H,7-11,20-26,30H2,1-6H3,(H,52,61)(H,54,62)(H,58,59)/t38-/m0/s1. The molecular weight excluding hydrogens is 916 g/mol. The van der Waals surface area contributed by atoms with Gasteiger partial charge in [-0.25, -0.2) is 19.6 Å². The molecule has 2 aromatic heterocycles. The van der Waals surface area contributed by atoms with E-state index in [0.717, 1.165) is 42.2 Å². The van der Waals surface area contributed by atoms with Gasteiger partial charge in [0.15, 0.2) is 0 Å². The molecule has 2 aromatic carbocycles. The minimum Gasteiger partial charge on any atom is -0.492 e. The SMILES string of the molecule is CC(C)(C)OC(=O)NCCCC[C@H](NC(=O)OC(C)(C)C)C(=O)N(CCOc1ccc(-c2c(C#N)c(SCc3csc(-c4ccc(Cl)cc4)n3)nc(N3CCCC3)c2C#N)cc1)CCC(=O)O. The van der Waals surface area contributed by atoms with Crippen LogP contribution in [0.3, 0.4) is 0 Å². The lowest BCUT2D eigenvalue weighted by Gasteiger charge is -2.29. The van der Waals surface area contributed by atoms with Gasteiger partial charge < -0.3 is 39.8 Å². The first-order chi connectivity index (χ1) is 31.8. The highest BCUT2D eigenvalue weighted by atomic mass is 35.5. The van der Waals surface area contributed by atoms with Crippen molar-refractivity contribution in [3.05, 3.63) is 75.8 Å². The number of hydrogen-bond donors (Lipinski definition) is 3. The number of nitrogens with one attached hydrogen (secondary N) is 2. The quantitative estimate of drug-likeness (QED) is 0.0555. The first kappa shape index (κ1) is 51.9. The summed E-state index contributed by atoms with van der Waals surface area (Å²) in [6, 6.07) is 18.0. The van der Waals surface area contributed by atoms with Gasteiger partial charge in [-0.05, 0) is 103 Å². The number of rotatable bonds is 20. The Balaban J connectivity index is 1.31. The van der Waals surface area contributed by atoms with E-state index in [9.17, 15) is 34.8 Å². The number of pyridine rings is 1. The van der Waals surface area contributed by atoms with Gasteiger partial charge in [-0.15, -0.1) is 11.3 Å². The molecule has 1 saturated heterocycles. The van der Waals surface area contributed by atoms with Crippen LogP contribution >= 0.6 is 34.7 Å². The smallest absolute Gasteiger partial charge is 0.408 e. The fourth-order valence-electron chi connectivity index (χ4n) is 7.01. The molecule has 356 valence electrons. The van der Waals surface area contributed by atoms with Crippen LogP contribution < -0.4 is 20.3 Å². The van der Waals surface area contributed by atoms with Gasteiger partial charge in [0.05, 0.1) is 24.2 Å². The van der Waals surface area contributed by atoms with E-state index in [1.807, 2.05) is 29.6 Å². The molecule has 0 radical (unpaired) electrons. The van der Waals surface area contributed by atoms with Crippen LogP contribution in [0, 0.1) is 22.7 Å². The number of thioether (sulfide) groups is 1. The van der Waals surface area contributed by atoms with Crippen molar-refractivity contribution in [2.24, 2.45) is 0 Å². The molecule has 4 aromatic rings. The number of halogens is 1. The van der Waals surface area contributed by atoms with E-state index < -0.39 is 41.3 Å². The second-order valence-electron chi connectivity index (χ2n) is 17.7. The fraction of sp³-hybridized carbons (Fsp3) is 0.458. The zero-order chi connectivity index (χ0) is 48.7. The molecule has 0 saturated carbocycles. The Hall–Kier alpha value is -6.08. The van der Waals surface area contributed by atoms with E-state index in [1.54, 1.807) is 65.8 Å². The summed E-state index contributed by atoms with van der Waals surface area (Å²) in [6.45, 7) is 11.9. The van der Waals surface area contributed by atoms with Crippen LogP contribution in [-0.2, 0) is 24.8 Å². The number of nitriles is 2. The average Bonchev–Trinajstić information content (AvgIpc) is 3.98. The van der Waals surface area contributed by atoms with Gasteiger partial charge in [0.2, 0.25) is 5.91 Å². The predicted octanol–water partition coefficient (Wildman–Crippen LogP) is 9.43. The molecule has 1 fully saturated rings. The maximum Gasteiger partial charge on any atom is 0.408 e. The number of hydrogen-bond acceptors (Lipinski definition) is 14. The number of thiazole rings is 1. The summed E-state index contributed by atoms with van der Waals surface area (Å²) >= 11 is 8.99. The van der Waals surface area contributed by atoms with Crippen molar-refractivity contribution in [3.8, 4) is 39.6 Å². The molecule has 0 unspecified atom stereocenters. The number of amides is 3. The van der Waals surface area contributed by atoms with Crippen LogP contribution in [0.15, 0.2) is 58.9 Å². The second kappa shape index (κ2) is 24.1. The zero-order valence-corrected chi connectivity index (χ0v) is 41.0. The van der Waals surface area contributed by atoms with Crippen molar-refractivity contribution in [1.82, 2.24) is 25.5 Å². The number of carbonyl (C=O) groups excluding carboxylic acids is 3. The van der Waals surface area contributed by atoms with Crippen LogP contribution in [0.2, 0.25) is 5.02 Å². The monoisotopic (exact) mass is 972 g/mol. The normalized spacial score (nSPS) is 12.9. The number of ether oxygens (including phenoxy) is 3. The van der Waals surface area contributed by atoms with E-state index in [1.165, 1.54) is 28.0 Å². The van der Waals surface area contributed by atoms with Crippen molar-refractivity contribution in [2.75, 3.05) is 44.2 Å². The Bertz CT molecular complexity index is 2430. The number of alkyl carbamates (subject to hydrolysis) is 2. The molecule has 0 spiro atoms. The summed E-state index contributed by atoms with van der Waals surface area (Å²) in [5.74, 6) is -0.225. The van der Waals surface area contributed by atoms with Crippen molar-refractivity contribution < 1.29 is 38.5 Å². The Labute approximate surface area is 405 Å². The third-order valence-corrected chi connectivity index (χ3v) is 12.2. The number of anilines is 1. The van der Waals surface area contributed by atoms with Crippen LogP contribution in [0.4, 0.5) is 15.4 Å². The average molecular weight is 974 g/mol. The minimum absolute atomic E-state index is 0.0119. The van der Waals surface area contributed by atoms with Crippen molar-refractivity contribution in [3.63, 3.8) is 0 Å². The van der Waals surface area contributed by atoms with Gasteiger partial charge in [-0.1, -0.05) is 47.6 Å². The Kier molecular flexibility index (Phi) is 18.7. The number of aromatic nitrogens is 2. The number of aliphatic carboxylic acids is 1. The van der Waals surface area contributed by atoms with E-state index in [2.05, 4.69) is 27.7 Å². The molecule has 0 bridgehead atoms. The van der Waals surface area contributed by atoms with Crippen LogP contribution in [0.5, 0.6) is 5.75 Å². The number of benzene rings is 2. The van der Waals surface area contributed by atoms with Crippen molar-refractivity contribution in [2.45, 2.75) is 108 Å². The van der Waals surface area contributed by atoms with Crippen LogP contribution in [-0.4, -0.2) is 101 Å². The topological polar surface area (TPSA) is 220 Å². The molecular formula is C48H57ClN8O8S2. The molecule has 19 heteroatoms.